The van der Waals surface area contributed by atoms with Crippen LogP contribution >= 0.6 is 27.5 Å². The van der Waals surface area contributed by atoms with E-state index < -0.39 is 0 Å². The molecular formula is C12H16BrClN2. The van der Waals surface area contributed by atoms with Gasteiger partial charge in [0.15, 0.2) is 0 Å². The summed E-state index contributed by atoms with van der Waals surface area (Å²) in [5.41, 5.74) is 1.11. The van der Waals surface area contributed by atoms with E-state index in [1.54, 1.807) is 0 Å². The number of hydrogen-bond donors (Lipinski definition) is 1. The van der Waals surface area contributed by atoms with Crippen LogP contribution in [0.2, 0.25) is 5.02 Å². The quantitative estimate of drug-likeness (QED) is 0.914. The van der Waals surface area contributed by atoms with Gasteiger partial charge in [0.1, 0.15) is 0 Å². The summed E-state index contributed by atoms with van der Waals surface area (Å²) in [7, 11) is 0. The minimum Gasteiger partial charge on any atom is -0.383 e. The Morgan fingerprint density at radius 3 is 2.75 bits per heavy atom. The number of hydrogen-bond acceptors (Lipinski definition) is 2. The summed E-state index contributed by atoms with van der Waals surface area (Å²) in [6, 6.07) is 5.83. The third-order valence-corrected chi connectivity index (χ3v) is 3.76. The number of nitrogens with zero attached hydrogens (tertiary/aromatic N) is 1. The minimum atomic E-state index is 0.761. The van der Waals surface area contributed by atoms with Crippen LogP contribution in [0.1, 0.15) is 12.8 Å². The smallest absolute Gasteiger partial charge is 0.0486 e. The lowest BCUT2D eigenvalue weighted by atomic mass is 10.3. The van der Waals surface area contributed by atoms with Gasteiger partial charge in [-0.1, -0.05) is 11.6 Å². The largest absolute Gasteiger partial charge is 0.383 e. The normalized spacial score (nSPS) is 16.6. The van der Waals surface area contributed by atoms with Gasteiger partial charge in [0, 0.05) is 28.3 Å². The van der Waals surface area contributed by atoms with E-state index in [4.69, 9.17) is 11.6 Å². The zero-order valence-corrected chi connectivity index (χ0v) is 11.5. The molecular weight excluding hydrogens is 288 g/mol. The number of likely N-dealkylation sites (tertiary alicyclic amines) is 1. The summed E-state index contributed by atoms with van der Waals surface area (Å²) >= 11 is 9.39. The zero-order chi connectivity index (χ0) is 11.4. The Kier molecular flexibility index (Phi) is 4.50. The highest BCUT2D eigenvalue weighted by Crippen LogP contribution is 2.25. The van der Waals surface area contributed by atoms with E-state index in [1.165, 1.54) is 25.9 Å². The summed E-state index contributed by atoms with van der Waals surface area (Å²) in [5, 5.41) is 4.18. The van der Waals surface area contributed by atoms with Gasteiger partial charge in [-0.05, 0) is 60.1 Å². The molecule has 0 radical (unpaired) electrons. The summed E-state index contributed by atoms with van der Waals surface area (Å²) in [4.78, 5) is 2.50. The first-order valence-corrected chi connectivity index (χ1v) is 6.84. The van der Waals surface area contributed by atoms with Crippen LogP contribution in [0.5, 0.6) is 0 Å². The zero-order valence-electron chi connectivity index (χ0n) is 9.18. The highest BCUT2D eigenvalue weighted by molar-refractivity contribution is 9.10. The molecule has 2 rings (SSSR count). The van der Waals surface area contributed by atoms with Crippen molar-refractivity contribution < 1.29 is 0 Å². The maximum absolute atomic E-state index is 5.89. The third-order valence-electron chi connectivity index (χ3n) is 2.87. The number of nitrogens with one attached hydrogen (secondary N) is 1. The Morgan fingerprint density at radius 1 is 1.31 bits per heavy atom. The lowest BCUT2D eigenvalue weighted by Gasteiger charge is -2.16. The first-order chi connectivity index (χ1) is 7.75. The Labute approximate surface area is 110 Å². The summed E-state index contributed by atoms with van der Waals surface area (Å²) in [6.07, 6.45) is 2.70. The van der Waals surface area contributed by atoms with Crippen molar-refractivity contribution in [1.29, 1.82) is 0 Å². The molecule has 4 heteroatoms. The van der Waals surface area contributed by atoms with Gasteiger partial charge in [0.2, 0.25) is 0 Å². The van der Waals surface area contributed by atoms with E-state index in [1.807, 2.05) is 18.2 Å². The maximum atomic E-state index is 5.89. The van der Waals surface area contributed by atoms with Gasteiger partial charge >= 0.3 is 0 Å². The molecule has 0 spiro atoms. The summed E-state index contributed by atoms with van der Waals surface area (Å²) in [6.45, 7) is 4.61. The van der Waals surface area contributed by atoms with Gasteiger partial charge in [-0.15, -0.1) is 0 Å². The van der Waals surface area contributed by atoms with E-state index >= 15 is 0 Å². The molecule has 16 heavy (non-hydrogen) atoms. The van der Waals surface area contributed by atoms with Gasteiger partial charge in [0.05, 0.1) is 0 Å². The van der Waals surface area contributed by atoms with E-state index in [0.29, 0.717) is 0 Å². The van der Waals surface area contributed by atoms with Crippen molar-refractivity contribution in [2.75, 3.05) is 31.5 Å². The molecule has 1 aromatic carbocycles. The van der Waals surface area contributed by atoms with Crippen LogP contribution in [0.25, 0.3) is 0 Å². The van der Waals surface area contributed by atoms with Crippen molar-refractivity contribution in [1.82, 2.24) is 4.90 Å². The van der Waals surface area contributed by atoms with Crippen molar-refractivity contribution in [3.05, 3.63) is 27.7 Å². The van der Waals surface area contributed by atoms with E-state index in [9.17, 15) is 0 Å². The Balaban J connectivity index is 1.80. The van der Waals surface area contributed by atoms with Gasteiger partial charge in [-0.2, -0.15) is 0 Å². The first-order valence-electron chi connectivity index (χ1n) is 5.67. The molecule has 1 aliphatic rings. The molecule has 2 nitrogen and oxygen atoms in total. The van der Waals surface area contributed by atoms with Crippen LogP contribution in [-0.4, -0.2) is 31.1 Å². The average molecular weight is 304 g/mol. The summed E-state index contributed by atoms with van der Waals surface area (Å²) < 4.78 is 1.03. The van der Waals surface area contributed by atoms with Gasteiger partial charge in [-0.3, -0.25) is 0 Å². The van der Waals surface area contributed by atoms with Crippen molar-refractivity contribution in [3.63, 3.8) is 0 Å². The molecule has 1 heterocycles. The van der Waals surface area contributed by atoms with Crippen LogP contribution in [0.3, 0.4) is 0 Å². The van der Waals surface area contributed by atoms with Gasteiger partial charge in [-0.25, -0.2) is 0 Å². The predicted molar refractivity (Wildman–Crippen MR) is 73.3 cm³/mol. The highest BCUT2D eigenvalue weighted by Gasteiger charge is 2.10. The molecule has 1 N–H and O–H groups in total. The molecule has 1 aliphatic heterocycles. The second kappa shape index (κ2) is 5.89. The molecule has 1 aromatic rings. The Morgan fingerprint density at radius 2 is 2.06 bits per heavy atom. The molecule has 0 unspecified atom stereocenters. The third kappa shape index (κ3) is 3.37. The molecule has 0 aromatic heterocycles. The van der Waals surface area contributed by atoms with Crippen LogP contribution in [-0.2, 0) is 0 Å². The molecule has 0 amide bonds. The number of benzene rings is 1. The Hall–Kier alpha value is -0.250. The fourth-order valence-electron chi connectivity index (χ4n) is 1.99. The molecule has 1 fully saturated rings. The predicted octanol–water partition coefficient (Wildman–Crippen LogP) is 3.61. The highest BCUT2D eigenvalue weighted by atomic mass is 79.9. The lowest BCUT2D eigenvalue weighted by molar-refractivity contribution is 0.352. The monoisotopic (exact) mass is 302 g/mol. The molecule has 0 aliphatic carbocycles. The van der Waals surface area contributed by atoms with E-state index in [-0.39, 0.29) is 0 Å². The minimum absolute atomic E-state index is 0.761. The second-order valence-electron chi connectivity index (χ2n) is 4.10. The average Bonchev–Trinajstić information content (AvgIpc) is 2.74. The van der Waals surface area contributed by atoms with E-state index in [0.717, 1.165) is 28.3 Å². The molecule has 0 saturated carbocycles. The van der Waals surface area contributed by atoms with Crippen molar-refractivity contribution in [3.8, 4) is 0 Å². The fourth-order valence-corrected chi connectivity index (χ4v) is 2.81. The van der Waals surface area contributed by atoms with E-state index in [2.05, 4.69) is 26.1 Å². The van der Waals surface area contributed by atoms with Gasteiger partial charge in [0.25, 0.3) is 0 Å². The number of anilines is 1. The van der Waals surface area contributed by atoms with Crippen LogP contribution < -0.4 is 5.32 Å². The maximum Gasteiger partial charge on any atom is 0.0486 e. The van der Waals surface area contributed by atoms with Gasteiger partial charge < -0.3 is 10.2 Å². The number of rotatable bonds is 4. The van der Waals surface area contributed by atoms with Crippen LogP contribution in [0.4, 0.5) is 5.69 Å². The Bertz CT molecular complexity index is 351. The second-order valence-corrected chi connectivity index (χ2v) is 5.39. The van der Waals surface area contributed by atoms with Crippen molar-refractivity contribution >= 4 is 33.2 Å². The molecule has 1 saturated heterocycles. The van der Waals surface area contributed by atoms with Crippen molar-refractivity contribution in [2.45, 2.75) is 12.8 Å². The molecule has 0 bridgehead atoms. The standard InChI is InChI=1S/C12H16BrClN2/c13-11-9-10(14)3-4-12(11)15-5-8-16-6-1-2-7-16/h3-4,9,15H,1-2,5-8H2. The van der Waals surface area contributed by atoms with Crippen LogP contribution in [0.15, 0.2) is 22.7 Å². The number of halogens is 2. The fraction of sp³-hybridized carbons (Fsp3) is 0.500. The molecule has 0 atom stereocenters. The molecule has 88 valence electrons. The lowest BCUT2D eigenvalue weighted by Crippen LogP contribution is -2.25. The van der Waals surface area contributed by atoms with Crippen LogP contribution in [0, 0.1) is 0 Å². The van der Waals surface area contributed by atoms with Crippen molar-refractivity contribution in [2.24, 2.45) is 0 Å². The topological polar surface area (TPSA) is 15.3 Å². The SMILES string of the molecule is Clc1ccc(NCCN2CCCC2)c(Br)c1. The summed E-state index contributed by atoms with van der Waals surface area (Å²) in [5.74, 6) is 0. The first kappa shape index (κ1) is 12.2.